The number of imide groups is 2. The second kappa shape index (κ2) is 8.38. The molecule has 4 amide bonds. The maximum atomic E-state index is 13.3. The standard InChI is InChI=1S/C25H20N4O7/c1-13-8-18(29(33)34)4-6-20(13)27-14(2)9-16(15(27)3)10-19-23(30)26-25(32)28(24(19)31)17-5-7-21-22(11-17)36-12-35-21/h4-11H,12H2,1-3H3,(H,26,30,32)/b19-10+. The van der Waals surface area contributed by atoms with Crippen LogP contribution in [0.15, 0.2) is 48.0 Å². The molecule has 0 atom stereocenters. The highest BCUT2D eigenvalue weighted by atomic mass is 16.7. The van der Waals surface area contributed by atoms with Gasteiger partial charge in [-0.2, -0.15) is 0 Å². The van der Waals surface area contributed by atoms with Gasteiger partial charge >= 0.3 is 6.03 Å². The molecule has 11 nitrogen and oxygen atoms in total. The van der Waals surface area contributed by atoms with Gasteiger partial charge in [-0.1, -0.05) is 0 Å². The molecule has 0 aliphatic carbocycles. The number of nitrogens with one attached hydrogen (secondary N) is 1. The van der Waals surface area contributed by atoms with Crippen LogP contribution in [0.25, 0.3) is 11.8 Å². The van der Waals surface area contributed by atoms with E-state index in [1.807, 2.05) is 18.4 Å². The maximum Gasteiger partial charge on any atom is 0.335 e. The first-order valence-electron chi connectivity index (χ1n) is 10.9. The van der Waals surface area contributed by atoms with Crippen molar-refractivity contribution in [3.63, 3.8) is 0 Å². The van der Waals surface area contributed by atoms with Crippen LogP contribution >= 0.6 is 0 Å². The molecule has 182 valence electrons. The van der Waals surface area contributed by atoms with Crippen LogP contribution in [0.5, 0.6) is 11.5 Å². The number of rotatable bonds is 4. The van der Waals surface area contributed by atoms with Crippen LogP contribution in [0.4, 0.5) is 16.2 Å². The Labute approximate surface area is 204 Å². The average molecular weight is 488 g/mol. The van der Waals surface area contributed by atoms with E-state index in [4.69, 9.17) is 9.47 Å². The predicted octanol–water partition coefficient (Wildman–Crippen LogP) is 3.71. The first-order chi connectivity index (χ1) is 17.2. The fraction of sp³-hybridized carbons (Fsp3) is 0.160. The molecular weight excluding hydrogens is 468 g/mol. The number of urea groups is 1. The number of carbonyl (C=O) groups is 3. The van der Waals surface area contributed by atoms with E-state index >= 15 is 0 Å². The zero-order valence-electron chi connectivity index (χ0n) is 19.5. The molecule has 3 aromatic rings. The zero-order chi connectivity index (χ0) is 25.7. The predicted molar refractivity (Wildman–Crippen MR) is 128 cm³/mol. The summed E-state index contributed by atoms with van der Waals surface area (Å²) in [6, 6.07) is 10.1. The van der Waals surface area contributed by atoms with Gasteiger partial charge in [0.15, 0.2) is 11.5 Å². The molecule has 36 heavy (non-hydrogen) atoms. The number of benzene rings is 2. The number of amides is 4. The van der Waals surface area contributed by atoms with Gasteiger partial charge < -0.3 is 14.0 Å². The van der Waals surface area contributed by atoms with Gasteiger partial charge in [-0.25, -0.2) is 9.69 Å². The smallest absolute Gasteiger partial charge is 0.335 e. The lowest BCUT2D eigenvalue weighted by atomic mass is 10.1. The van der Waals surface area contributed by atoms with Crippen molar-refractivity contribution in [2.24, 2.45) is 0 Å². The minimum Gasteiger partial charge on any atom is -0.454 e. The fourth-order valence-corrected chi connectivity index (χ4v) is 4.38. The SMILES string of the molecule is Cc1cc([N+](=O)[O-])ccc1-n1c(C)cc(/C=C2\C(=O)NC(=O)N(c3ccc4c(c3)OCO4)C2=O)c1C. The normalized spacial score (nSPS) is 16.0. The zero-order valence-corrected chi connectivity index (χ0v) is 19.5. The summed E-state index contributed by atoms with van der Waals surface area (Å²) in [7, 11) is 0. The van der Waals surface area contributed by atoms with Crippen molar-refractivity contribution >= 4 is 35.3 Å². The van der Waals surface area contributed by atoms with Crippen LogP contribution in [0, 0.1) is 30.9 Å². The van der Waals surface area contributed by atoms with Gasteiger partial charge in [0.2, 0.25) is 6.79 Å². The van der Waals surface area contributed by atoms with Crippen molar-refractivity contribution in [2.75, 3.05) is 11.7 Å². The first kappa shape index (κ1) is 22.8. The highest BCUT2D eigenvalue weighted by Gasteiger charge is 2.37. The van der Waals surface area contributed by atoms with E-state index in [0.29, 0.717) is 28.3 Å². The molecular formula is C25H20N4O7. The van der Waals surface area contributed by atoms with Gasteiger partial charge in [0, 0.05) is 35.3 Å². The Morgan fingerprint density at radius 2 is 1.75 bits per heavy atom. The van der Waals surface area contributed by atoms with E-state index in [0.717, 1.165) is 16.3 Å². The highest BCUT2D eigenvalue weighted by molar-refractivity contribution is 6.39. The molecule has 2 aromatic carbocycles. The lowest BCUT2D eigenvalue weighted by Crippen LogP contribution is -2.54. The molecule has 1 aromatic heterocycles. The first-order valence-corrected chi connectivity index (χ1v) is 10.9. The van der Waals surface area contributed by atoms with Crippen LogP contribution in [0.2, 0.25) is 0 Å². The summed E-state index contributed by atoms with van der Waals surface area (Å²) in [4.78, 5) is 50.0. The summed E-state index contributed by atoms with van der Waals surface area (Å²) >= 11 is 0. The van der Waals surface area contributed by atoms with E-state index in [2.05, 4.69) is 5.32 Å². The summed E-state index contributed by atoms with van der Waals surface area (Å²) in [6.07, 6.45) is 1.43. The number of aromatic nitrogens is 1. The van der Waals surface area contributed by atoms with Gasteiger partial charge in [-0.15, -0.1) is 0 Å². The third-order valence-electron chi connectivity index (χ3n) is 6.12. The Bertz CT molecular complexity index is 1520. The lowest BCUT2D eigenvalue weighted by Gasteiger charge is -2.26. The van der Waals surface area contributed by atoms with Crippen molar-refractivity contribution in [3.8, 4) is 17.2 Å². The number of nitro benzene ring substituents is 1. The third kappa shape index (κ3) is 3.66. The molecule has 0 unspecified atom stereocenters. The van der Waals surface area contributed by atoms with Gasteiger partial charge in [-0.3, -0.25) is 25.0 Å². The van der Waals surface area contributed by atoms with Gasteiger partial charge in [0.05, 0.1) is 10.6 Å². The number of barbiturate groups is 1. The number of hydrogen-bond acceptors (Lipinski definition) is 7. The molecule has 1 N–H and O–H groups in total. The molecule has 0 spiro atoms. The quantitative estimate of drug-likeness (QED) is 0.256. The number of aryl methyl sites for hydroxylation is 2. The number of carbonyl (C=O) groups excluding carboxylic acids is 3. The molecule has 11 heteroatoms. The number of nitro groups is 1. The minimum absolute atomic E-state index is 0.0150. The van der Waals surface area contributed by atoms with E-state index in [9.17, 15) is 24.5 Å². The van der Waals surface area contributed by atoms with Crippen LogP contribution in [0.1, 0.15) is 22.5 Å². The summed E-state index contributed by atoms with van der Waals surface area (Å²) < 4.78 is 12.5. The number of hydrogen-bond donors (Lipinski definition) is 1. The largest absolute Gasteiger partial charge is 0.454 e. The van der Waals surface area contributed by atoms with Gasteiger partial charge in [-0.05, 0) is 62.2 Å². The molecule has 5 rings (SSSR count). The molecule has 1 fully saturated rings. The number of nitrogens with zero attached hydrogens (tertiary/aromatic N) is 3. The molecule has 2 aliphatic heterocycles. The topological polar surface area (TPSA) is 133 Å². The third-order valence-corrected chi connectivity index (χ3v) is 6.12. The second-order valence-corrected chi connectivity index (χ2v) is 8.39. The van der Waals surface area contributed by atoms with Gasteiger partial charge in [0.1, 0.15) is 5.57 Å². The van der Waals surface area contributed by atoms with Crippen LogP contribution < -0.4 is 19.7 Å². The van der Waals surface area contributed by atoms with Crippen molar-refractivity contribution in [3.05, 3.63) is 80.7 Å². The second-order valence-electron chi connectivity index (χ2n) is 8.39. The molecule has 1 saturated heterocycles. The summed E-state index contributed by atoms with van der Waals surface area (Å²) in [5.74, 6) is -0.709. The van der Waals surface area contributed by atoms with Crippen molar-refractivity contribution < 1.29 is 28.8 Å². The molecule has 0 saturated carbocycles. The van der Waals surface area contributed by atoms with E-state index in [1.54, 1.807) is 25.1 Å². The number of fused-ring (bicyclic) bond motifs is 1. The molecule has 3 heterocycles. The maximum absolute atomic E-state index is 13.3. The number of anilines is 1. The van der Waals surface area contributed by atoms with Crippen LogP contribution in [0.3, 0.4) is 0 Å². The Hall–Kier alpha value is -4.93. The Morgan fingerprint density at radius 1 is 1.00 bits per heavy atom. The Kier molecular flexibility index (Phi) is 5.32. The number of non-ortho nitro benzene ring substituents is 1. The molecule has 0 bridgehead atoms. The highest BCUT2D eigenvalue weighted by Crippen LogP contribution is 2.36. The number of ether oxygens (including phenoxy) is 2. The van der Waals surface area contributed by atoms with Crippen molar-refractivity contribution in [1.29, 1.82) is 0 Å². The average Bonchev–Trinajstić information content (AvgIpc) is 3.40. The van der Waals surface area contributed by atoms with Crippen molar-refractivity contribution in [2.45, 2.75) is 20.8 Å². The minimum atomic E-state index is -0.868. The summed E-state index contributed by atoms with van der Waals surface area (Å²) in [6.45, 7) is 5.46. The van der Waals surface area contributed by atoms with Gasteiger partial charge in [0.25, 0.3) is 17.5 Å². The Balaban J connectivity index is 1.54. The summed E-state index contributed by atoms with van der Waals surface area (Å²) in [5, 5.41) is 13.3. The molecule has 2 aliphatic rings. The van der Waals surface area contributed by atoms with Crippen LogP contribution in [-0.4, -0.2) is 34.1 Å². The van der Waals surface area contributed by atoms with E-state index in [1.165, 1.54) is 30.3 Å². The fourth-order valence-electron chi connectivity index (χ4n) is 4.38. The van der Waals surface area contributed by atoms with E-state index in [-0.39, 0.29) is 23.7 Å². The van der Waals surface area contributed by atoms with E-state index < -0.39 is 22.8 Å². The molecule has 0 radical (unpaired) electrons. The van der Waals surface area contributed by atoms with Crippen molar-refractivity contribution in [1.82, 2.24) is 9.88 Å². The monoisotopic (exact) mass is 488 g/mol. The van der Waals surface area contributed by atoms with Crippen LogP contribution in [-0.2, 0) is 9.59 Å². The summed E-state index contributed by atoms with van der Waals surface area (Å²) in [5.41, 5.74) is 3.52. The Morgan fingerprint density at radius 3 is 2.47 bits per heavy atom. The lowest BCUT2D eigenvalue weighted by molar-refractivity contribution is -0.384.